The topological polar surface area (TPSA) is 98.9 Å². The van der Waals surface area contributed by atoms with E-state index in [0.717, 1.165) is 0 Å². The number of hydrogen-bond acceptors (Lipinski definition) is 6. The molecule has 7 nitrogen and oxygen atoms in total. The molecule has 8 heteroatoms. The molecule has 0 saturated carbocycles. The number of carbonyl (C=O) groups is 1. The normalized spacial score (nSPS) is 11.7. The van der Waals surface area contributed by atoms with E-state index in [1.54, 1.807) is 6.92 Å². The second-order valence-electron chi connectivity index (χ2n) is 3.93. The lowest BCUT2D eigenvalue weighted by molar-refractivity contribution is -0.385. The summed E-state index contributed by atoms with van der Waals surface area (Å²) >= 11 is 5.78. The van der Waals surface area contributed by atoms with Gasteiger partial charge in [-0.3, -0.25) is 14.9 Å². The highest BCUT2D eigenvalue weighted by molar-refractivity contribution is 6.30. The van der Waals surface area contributed by atoms with Crippen LogP contribution in [-0.4, -0.2) is 17.5 Å². The molecule has 1 atom stereocenters. The van der Waals surface area contributed by atoms with Crippen LogP contribution in [-0.2, 0) is 9.53 Å². The van der Waals surface area contributed by atoms with Crippen LogP contribution in [0.1, 0.15) is 31.4 Å². The number of hydrogen-bond donors (Lipinski definition) is 0. The molecule has 0 radical (unpaired) electrons. The van der Waals surface area contributed by atoms with E-state index in [2.05, 4.69) is 5.18 Å². The third-order valence-corrected chi connectivity index (χ3v) is 2.83. The van der Waals surface area contributed by atoms with Crippen LogP contribution in [0.25, 0.3) is 0 Å². The van der Waals surface area contributed by atoms with Gasteiger partial charge in [0.15, 0.2) is 0 Å². The van der Waals surface area contributed by atoms with E-state index in [9.17, 15) is 19.8 Å². The van der Waals surface area contributed by atoms with Crippen LogP contribution in [0.15, 0.2) is 23.4 Å². The van der Waals surface area contributed by atoms with Crippen molar-refractivity contribution in [1.29, 1.82) is 0 Å². The minimum Gasteiger partial charge on any atom is -0.466 e. The fraction of sp³-hybridized carbons (Fsp3) is 0.417. The summed E-state index contributed by atoms with van der Waals surface area (Å²) in [6.07, 6.45) is -0.0164. The van der Waals surface area contributed by atoms with Crippen LogP contribution < -0.4 is 0 Å². The summed E-state index contributed by atoms with van der Waals surface area (Å²) < 4.78 is 4.73. The fourth-order valence-electron chi connectivity index (χ4n) is 1.71. The molecular formula is C12H13ClN2O5. The third kappa shape index (κ3) is 4.27. The third-order valence-electron chi connectivity index (χ3n) is 2.60. The molecule has 0 N–H and O–H groups in total. The van der Waals surface area contributed by atoms with Gasteiger partial charge in [-0.15, -0.1) is 0 Å². The summed E-state index contributed by atoms with van der Waals surface area (Å²) in [5.41, 5.74) is -0.148. The van der Waals surface area contributed by atoms with Gasteiger partial charge in [0.25, 0.3) is 5.69 Å². The van der Waals surface area contributed by atoms with Gasteiger partial charge in [-0.2, -0.15) is 4.91 Å². The van der Waals surface area contributed by atoms with Crippen LogP contribution in [0, 0.1) is 15.0 Å². The number of halogens is 1. The SMILES string of the molecule is CCOC(=O)CCC(N=O)c1cc(Cl)ccc1[N+](=O)[O-]. The lowest BCUT2D eigenvalue weighted by atomic mass is 10.0. The van der Waals surface area contributed by atoms with Crippen molar-refractivity contribution in [3.63, 3.8) is 0 Å². The van der Waals surface area contributed by atoms with E-state index in [1.807, 2.05) is 0 Å². The quantitative estimate of drug-likeness (QED) is 0.332. The fourth-order valence-corrected chi connectivity index (χ4v) is 1.89. The maximum absolute atomic E-state index is 11.3. The summed E-state index contributed by atoms with van der Waals surface area (Å²) in [6.45, 7) is 1.89. The Bertz CT molecular complexity index is 521. The molecule has 0 aliphatic rings. The van der Waals surface area contributed by atoms with Gasteiger partial charge in [0.05, 0.1) is 17.1 Å². The second-order valence-corrected chi connectivity index (χ2v) is 4.36. The van der Waals surface area contributed by atoms with Gasteiger partial charge in [-0.05, 0) is 25.5 Å². The van der Waals surface area contributed by atoms with Crippen LogP contribution in [0.3, 0.4) is 0 Å². The number of benzene rings is 1. The van der Waals surface area contributed by atoms with E-state index in [-0.39, 0.29) is 35.7 Å². The van der Waals surface area contributed by atoms with Gasteiger partial charge in [0.1, 0.15) is 6.04 Å². The first-order valence-electron chi connectivity index (χ1n) is 5.91. The first kappa shape index (κ1) is 16.0. The molecule has 0 fully saturated rings. The minimum atomic E-state index is -1.02. The second kappa shape index (κ2) is 7.54. The Morgan fingerprint density at radius 2 is 2.25 bits per heavy atom. The van der Waals surface area contributed by atoms with Crippen molar-refractivity contribution < 1.29 is 14.5 Å². The van der Waals surface area contributed by atoms with Crippen molar-refractivity contribution in [1.82, 2.24) is 0 Å². The largest absolute Gasteiger partial charge is 0.466 e. The van der Waals surface area contributed by atoms with Crippen LogP contribution in [0.5, 0.6) is 0 Å². The van der Waals surface area contributed by atoms with Gasteiger partial charge in [0.2, 0.25) is 0 Å². The molecule has 0 bridgehead atoms. The Balaban J connectivity index is 2.94. The molecule has 0 aliphatic heterocycles. The molecule has 1 unspecified atom stereocenters. The number of esters is 1. The summed E-state index contributed by atoms with van der Waals surface area (Å²) in [5, 5.41) is 14.0. The van der Waals surface area contributed by atoms with Gasteiger partial charge < -0.3 is 4.74 Å². The first-order chi connectivity index (χ1) is 9.49. The zero-order valence-electron chi connectivity index (χ0n) is 10.7. The number of nitro groups is 1. The van der Waals surface area contributed by atoms with Crippen LogP contribution >= 0.6 is 11.6 Å². The summed E-state index contributed by atoms with van der Waals surface area (Å²) in [5.74, 6) is -0.481. The molecular weight excluding hydrogens is 288 g/mol. The average molecular weight is 301 g/mol. The lowest BCUT2D eigenvalue weighted by Gasteiger charge is -2.10. The Morgan fingerprint density at radius 1 is 1.55 bits per heavy atom. The Morgan fingerprint density at radius 3 is 2.80 bits per heavy atom. The van der Waals surface area contributed by atoms with Crippen molar-refractivity contribution in [2.75, 3.05) is 6.61 Å². The molecule has 1 aromatic rings. The summed E-state index contributed by atoms with van der Waals surface area (Å²) in [7, 11) is 0. The van der Waals surface area contributed by atoms with Gasteiger partial charge in [-0.25, -0.2) is 0 Å². The van der Waals surface area contributed by atoms with Crippen molar-refractivity contribution in [3.8, 4) is 0 Å². The number of carbonyl (C=O) groups excluding carboxylic acids is 1. The highest BCUT2D eigenvalue weighted by Gasteiger charge is 2.24. The van der Waals surface area contributed by atoms with Crippen molar-refractivity contribution >= 4 is 23.3 Å². The maximum Gasteiger partial charge on any atom is 0.305 e. The molecule has 20 heavy (non-hydrogen) atoms. The monoisotopic (exact) mass is 300 g/mol. The molecule has 108 valence electrons. The molecule has 0 heterocycles. The van der Waals surface area contributed by atoms with E-state index >= 15 is 0 Å². The highest BCUT2D eigenvalue weighted by atomic mass is 35.5. The van der Waals surface area contributed by atoms with E-state index in [1.165, 1.54) is 18.2 Å². The smallest absolute Gasteiger partial charge is 0.305 e. The molecule has 1 rings (SSSR count). The molecule has 0 aliphatic carbocycles. The van der Waals surface area contributed by atoms with E-state index in [4.69, 9.17) is 16.3 Å². The number of nitrogens with zero attached hydrogens (tertiary/aromatic N) is 2. The zero-order chi connectivity index (χ0) is 15.1. The van der Waals surface area contributed by atoms with Crippen molar-refractivity contribution in [2.45, 2.75) is 25.8 Å². The molecule has 0 aromatic heterocycles. The van der Waals surface area contributed by atoms with Gasteiger partial charge in [0, 0.05) is 17.5 Å². The standard InChI is InChI=1S/C12H13ClN2O5/c1-2-20-12(16)6-4-10(14-17)9-7-8(13)3-5-11(9)15(18)19/h3,5,7,10H,2,4,6H2,1H3. The number of rotatable bonds is 7. The Kier molecular flexibility index (Phi) is 6.05. The molecule has 0 saturated heterocycles. The highest BCUT2D eigenvalue weighted by Crippen LogP contribution is 2.33. The number of ether oxygens (including phenoxy) is 1. The number of nitroso groups, excluding NO2 is 1. The van der Waals surface area contributed by atoms with Gasteiger partial charge in [-0.1, -0.05) is 16.8 Å². The number of nitro benzene ring substituents is 1. The average Bonchev–Trinajstić information content (AvgIpc) is 2.39. The molecule has 1 aromatic carbocycles. The predicted molar refractivity (Wildman–Crippen MR) is 72.5 cm³/mol. The van der Waals surface area contributed by atoms with Crippen LogP contribution in [0.2, 0.25) is 5.02 Å². The zero-order valence-corrected chi connectivity index (χ0v) is 11.5. The molecule has 0 spiro atoms. The Hall–Kier alpha value is -2.02. The summed E-state index contributed by atoms with van der Waals surface area (Å²) in [6, 6.07) is 2.87. The first-order valence-corrected chi connectivity index (χ1v) is 6.29. The van der Waals surface area contributed by atoms with E-state index in [0.29, 0.717) is 0 Å². The predicted octanol–water partition coefficient (Wildman–Crippen LogP) is 3.40. The van der Waals surface area contributed by atoms with Crippen molar-refractivity contribution in [2.24, 2.45) is 5.18 Å². The lowest BCUT2D eigenvalue weighted by Crippen LogP contribution is -2.07. The van der Waals surface area contributed by atoms with Crippen LogP contribution in [0.4, 0.5) is 5.69 Å². The van der Waals surface area contributed by atoms with E-state index < -0.39 is 16.9 Å². The minimum absolute atomic E-state index is 0.0313. The Labute approximate surface area is 120 Å². The summed E-state index contributed by atoms with van der Waals surface area (Å²) in [4.78, 5) is 32.5. The van der Waals surface area contributed by atoms with Crippen molar-refractivity contribution in [3.05, 3.63) is 43.8 Å². The van der Waals surface area contributed by atoms with Gasteiger partial charge >= 0.3 is 5.97 Å². The maximum atomic E-state index is 11.3. The molecule has 0 amide bonds.